The van der Waals surface area contributed by atoms with Crippen molar-refractivity contribution in [1.82, 2.24) is 10.1 Å². The first kappa shape index (κ1) is 12.6. The van der Waals surface area contributed by atoms with E-state index in [1.165, 1.54) is 0 Å². The zero-order chi connectivity index (χ0) is 13.0. The second kappa shape index (κ2) is 5.64. The third kappa shape index (κ3) is 2.87. The highest BCUT2D eigenvalue weighted by Crippen LogP contribution is 2.20. The van der Waals surface area contributed by atoms with Crippen LogP contribution in [0.1, 0.15) is 19.2 Å². The molecule has 1 aromatic carbocycles. The monoisotopic (exact) mass is 248 g/mol. The summed E-state index contributed by atoms with van der Waals surface area (Å²) in [5, 5.41) is 13.4. The van der Waals surface area contributed by atoms with Crippen molar-refractivity contribution >= 4 is 0 Å². The average molecular weight is 248 g/mol. The van der Waals surface area contributed by atoms with E-state index in [1.807, 2.05) is 31.2 Å². The van der Waals surface area contributed by atoms with E-state index in [1.54, 1.807) is 7.11 Å². The van der Waals surface area contributed by atoms with E-state index in [0.29, 0.717) is 24.6 Å². The van der Waals surface area contributed by atoms with Gasteiger partial charge in [-0.2, -0.15) is 4.98 Å². The Labute approximate surface area is 105 Å². The van der Waals surface area contributed by atoms with Crippen molar-refractivity contribution in [1.29, 1.82) is 0 Å². The van der Waals surface area contributed by atoms with Gasteiger partial charge < -0.3 is 14.4 Å². The third-order valence-electron chi connectivity index (χ3n) is 2.70. The molecule has 1 heterocycles. The Hall–Kier alpha value is -1.88. The molecule has 0 aliphatic rings. The topological polar surface area (TPSA) is 68.4 Å². The summed E-state index contributed by atoms with van der Waals surface area (Å²) in [4.78, 5) is 4.25. The molecule has 0 fully saturated rings. The molecular weight excluding hydrogens is 232 g/mol. The van der Waals surface area contributed by atoms with Gasteiger partial charge in [-0.3, -0.25) is 0 Å². The number of nitrogens with zero attached hydrogens (tertiary/aromatic N) is 2. The predicted molar refractivity (Wildman–Crippen MR) is 66.3 cm³/mol. The highest BCUT2D eigenvalue weighted by Gasteiger charge is 2.12. The second-order valence-electron chi connectivity index (χ2n) is 4.01. The fraction of sp³-hybridized carbons (Fsp3) is 0.385. The van der Waals surface area contributed by atoms with Gasteiger partial charge in [0.1, 0.15) is 5.75 Å². The molecule has 0 saturated carbocycles. The SMILES string of the molecule is CCC(O)Cc1nc(-c2ccc(OC)cc2)no1. The number of methoxy groups -OCH3 is 1. The summed E-state index contributed by atoms with van der Waals surface area (Å²) in [6.45, 7) is 1.91. The Bertz CT molecular complexity index is 493. The molecule has 5 nitrogen and oxygen atoms in total. The van der Waals surface area contributed by atoms with Gasteiger partial charge in [0.2, 0.25) is 11.7 Å². The summed E-state index contributed by atoms with van der Waals surface area (Å²) in [6.07, 6.45) is 0.620. The highest BCUT2D eigenvalue weighted by molar-refractivity contribution is 5.55. The number of aromatic nitrogens is 2. The number of rotatable bonds is 5. The number of aliphatic hydroxyl groups is 1. The first-order chi connectivity index (χ1) is 8.72. The Morgan fingerprint density at radius 2 is 2.06 bits per heavy atom. The molecule has 0 radical (unpaired) electrons. The van der Waals surface area contributed by atoms with Crippen LogP contribution < -0.4 is 4.74 Å². The molecule has 0 spiro atoms. The first-order valence-corrected chi connectivity index (χ1v) is 5.88. The second-order valence-corrected chi connectivity index (χ2v) is 4.01. The molecule has 96 valence electrons. The maximum absolute atomic E-state index is 9.52. The molecule has 1 unspecified atom stereocenters. The largest absolute Gasteiger partial charge is 0.497 e. The summed E-state index contributed by atoms with van der Waals surface area (Å²) in [5.41, 5.74) is 0.858. The minimum absolute atomic E-state index is 0.389. The molecular formula is C13H16N2O3. The molecule has 5 heteroatoms. The van der Waals surface area contributed by atoms with E-state index >= 15 is 0 Å². The zero-order valence-electron chi connectivity index (χ0n) is 10.5. The Morgan fingerprint density at radius 1 is 1.33 bits per heavy atom. The number of ether oxygens (including phenoxy) is 1. The fourth-order valence-corrected chi connectivity index (χ4v) is 1.54. The van der Waals surface area contributed by atoms with Crippen LogP contribution >= 0.6 is 0 Å². The summed E-state index contributed by atoms with van der Waals surface area (Å²) < 4.78 is 10.2. The van der Waals surface area contributed by atoms with Crippen molar-refractivity contribution in [2.24, 2.45) is 0 Å². The molecule has 1 atom stereocenters. The zero-order valence-corrected chi connectivity index (χ0v) is 10.5. The number of hydrogen-bond donors (Lipinski definition) is 1. The lowest BCUT2D eigenvalue weighted by Gasteiger charge is -2.01. The average Bonchev–Trinajstić information content (AvgIpc) is 2.87. The molecule has 0 aliphatic heterocycles. The summed E-state index contributed by atoms with van der Waals surface area (Å²) >= 11 is 0. The van der Waals surface area contributed by atoms with Crippen LogP contribution in [0.3, 0.4) is 0 Å². The van der Waals surface area contributed by atoms with Crippen molar-refractivity contribution in [3.63, 3.8) is 0 Å². The molecule has 0 amide bonds. The van der Waals surface area contributed by atoms with Crippen molar-refractivity contribution in [3.8, 4) is 17.1 Å². The van der Waals surface area contributed by atoms with Crippen LogP contribution in [0.2, 0.25) is 0 Å². The van der Waals surface area contributed by atoms with Crippen LogP contribution in [-0.4, -0.2) is 28.5 Å². The molecule has 1 N–H and O–H groups in total. The predicted octanol–water partition coefficient (Wildman–Crippen LogP) is 2.06. The third-order valence-corrected chi connectivity index (χ3v) is 2.70. The van der Waals surface area contributed by atoms with Gasteiger partial charge in [-0.25, -0.2) is 0 Å². The van der Waals surface area contributed by atoms with E-state index in [-0.39, 0.29) is 0 Å². The van der Waals surface area contributed by atoms with Crippen molar-refractivity contribution in [2.75, 3.05) is 7.11 Å². The van der Waals surface area contributed by atoms with Crippen LogP contribution in [-0.2, 0) is 6.42 Å². The highest BCUT2D eigenvalue weighted by atomic mass is 16.5. The Balaban J connectivity index is 2.13. The smallest absolute Gasteiger partial charge is 0.229 e. The molecule has 1 aromatic heterocycles. The van der Waals surface area contributed by atoms with Gasteiger partial charge in [0, 0.05) is 5.56 Å². The number of aliphatic hydroxyl groups excluding tert-OH is 1. The van der Waals surface area contributed by atoms with Crippen LogP contribution in [0, 0.1) is 0 Å². The minimum atomic E-state index is -0.436. The van der Waals surface area contributed by atoms with Crippen LogP contribution in [0.4, 0.5) is 0 Å². The lowest BCUT2D eigenvalue weighted by molar-refractivity contribution is 0.158. The fourth-order valence-electron chi connectivity index (χ4n) is 1.54. The first-order valence-electron chi connectivity index (χ1n) is 5.88. The van der Waals surface area contributed by atoms with Gasteiger partial charge in [0.05, 0.1) is 19.6 Å². The van der Waals surface area contributed by atoms with Gasteiger partial charge in [0.25, 0.3) is 0 Å². The lowest BCUT2D eigenvalue weighted by Crippen LogP contribution is -2.08. The lowest BCUT2D eigenvalue weighted by atomic mass is 10.2. The quantitative estimate of drug-likeness (QED) is 0.877. The number of benzene rings is 1. The molecule has 0 aliphatic carbocycles. The molecule has 2 rings (SSSR count). The molecule has 0 saturated heterocycles. The van der Waals surface area contributed by atoms with Gasteiger partial charge >= 0.3 is 0 Å². The van der Waals surface area contributed by atoms with Crippen molar-refractivity contribution in [3.05, 3.63) is 30.2 Å². The van der Waals surface area contributed by atoms with Crippen molar-refractivity contribution in [2.45, 2.75) is 25.9 Å². The van der Waals surface area contributed by atoms with Gasteiger partial charge in [-0.1, -0.05) is 12.1 Å². The standard InChI is InChI=1S/C13H16N2O3/c1-3-10(16)8-12-14-13(15-18-12)9-4-6-11(17-2)7-5-9/h4-7,10,16H,3,8H2,1-2H3. The summed E-state index contributed by atoms with van der Waals surface area (Å²) in [6, 6.07) is 7.41. The molecule has 0 bridgehead atoms. The Morgan fingerprint density at radius 3 is 2.67 bits per heavy atom. The maximum atomic E-state index is 9.52. The Kier molecular flexibility index (Phi) is 3.94. The number of hydrogen-bond acceptors (Lipinski definition) is 5. The van der Waals surface area contributed by atoms with E-state index in [2.05, 4.69) is 10.1 Å². The van der Waals surface area contributed by atoms with Crippen LogP contribution in [0.15, 0.2) is 28.8 Å². The van der Waals surface area contributed by atoms with Gasteiger partial charge in [0.15, 0.2) is 0 Å². The molecule has 18 heavy (non-hydrogen) atoms. The normalized spacial score (nSPS) is 12.4. The van der Waals surface area contributed by atoms with E-state index in [0.717, 1.165) is 11.3 Å². The van der Waals surface area contributed by atoms with E-state index < -0.39 is 6.10 Å². The van der Waals surface area contributed by atoms with Gasteiger partial charge in [-0.05, 0) is 30.7 Å². The minimum Gasteiger partial charge on any atom is -0.497 e. The van der Waals surface area contributed by atoms with Crippen molar-refractivity contribution < 1.29 is 14.4 Å². The van der Waals surface area contributed by atoms with E-state index in [4.69, 9.17) is 9.26 Å². The summed E-state index contributed by atoms with van der Waals surface area (Å²) in [7, 11) is 1.62. The van der Waals surface area contributed by atoms with Crippen LogP contribution in [0.25, 0.3) is 11.4 Å². The van der Waals surface area contributed by atoms with Crippen LogP contribution in [0.5, 0.6) is 5.75 Å². The van der Waals surface area contributed by atoms with E-state index in [9.17, 15) is 5.11 Å². The van der Waals surface area contributed by atoms with Gasteiger partial charge in [-0.15, -0.1) is 0 Å². The molecule has 2 aromatic rings. The summed E-state index contributed by atoms with van der Waals surface area (Å²) in [5.74, 6) is 1.76. The maximum Gasteiger partial charge on any atom is 0.229 e.